The Balaban J connectivity index is 2.10. The van der Waals surface area contributed by atoms with Crippen molar-refractivity contribution in [1.82, 2.24) is 4.37 Å². The van der Waals surface area contributed by atoms with Crippen LogP contribution in [0.15, 0.2) is 6.07 Å². The van der Waals surface area contributed by atoms with Crippen LogP contribution in [-0.2, 0) is 15.0 Å². The summed E-state index contributed by atoms with van der Waals surface area (Å²) in [5.74, 6) is -1.24. The summed E-state index contributed by atoms with van der Waals surface area (Å²) in [4.78, 5) is 13.1. The second-order valence-corrected chi connectivity index (χ2v) is 6.28. The van der Waals surface area contributed by atoms with Gasteiger partial charge in [-0.2, -0.15) is 12.8 Å². The maximum Gasteiger partial charge on any atom is 0.302 e. The molecule has 8 heteroatoms. The number of carbonyl (C=O) groups excluding carboxylic acids is 1. The van der Waals surface area contributed by atoms with Gasteiger partial charge >= 0.3 is 10.2 Å². The number of amides is 1. The van der Waals surface area contributed by atoms with Crippen LogP contribution in [0.5, 0.6) is 0 Å². The van der Waals surface area contributed by atoms with Gasteiger partial charge in [0.2, 0.25) is 5.91 Å². The number of aryl methyl sites for hydroxylation is 1. The highest BCUT2D eigenvalue weighted by Gasteiger charge is 2.34. The van der Waals surface area contributed by atoms with Gasteiger partial charge in [0.25, 0.3) is 0 Å². The maximum atomic E-state index is 12.5. The van der Waals surface area contributed by atoms with Crippen molar-refractivity contribution in [1.29, 1.82) is 0 Å². The molecule has 1 amide bonds. The van der Waals surface area contributed by atoms with E-state index in [1.807, 2.05) is 6.92 Å². The quantitative estimate of drug-likeness (QED) is 0.777. The normalized spacial score (nSPS) is 21.2. The van der Waals surface area contributed by atoms with Crippen LogP contribution in [-0.4, -0.2) is 31.0 Å². The van der Waals surface area contributed by atoms with Gasteiger partial charge in [-0.05, 0) is 24.5 Å². The van der Waals surface area contributed by atoms with Crippen molar-refractivity contribution in [3.05, 3.63) is 11.8 Å². The number of hydrogen-bond acceptors (Lipinski definition) is 5. The Bertz CT molecular complexity index is 540. The monoisotopic (exact) mass is 278 g/mol. The molecule has 0 N–H and O–H groups in total. The molecule has 2 heterocycles. The van der Waals surface area contributed by atoms with Crippen molar-refractivity contribution >= 4 is 32.7 Å². The van der Waals surface area contributed by atoms with Crippen LogP contribution < -0.4 is 4.90 Å². The van der Waals surface area contributed by atoms with Crippen LogP contribution in [0.3, 0.4) is 0 Å². The smallest absolute Gasteiger partial charge is 0.302 e. The SMILES string of the molecule is Cc1cc(N2CC(CS(=O)(=O)F)CC2=O)sn1. The lowest BCUT2D eigenvalue weighted by Crippen LogP contribution is -2.24. The average Bonchev–Trinajstić information content (AvgIpc) is 2.70. The van der Waals surface area contributed by atoms with E-state index in [9.17, 15) is 17.1 Å². The minimum Gasteiger partial charge on any atom is -0.302 e. The van der Waals surface area contributed by atoms with Gasteiger partial charge in [-0.3, -0.25) is 4.79 Å². The van der Waals surface area contributed by atoms with Gasteiger partial charge in [-0.15, -0.1) is 3.89 Å². The van der Waals surface area contributed by atoms with Gasteiger partial charge in [-0.1, -0.05) is 0 Å². The first-order chi connectivity index (χ1) is 7.85. The predicted octanol–water partition coefficient (Wildman–Crippen LogP) is 1.10. The minimum absolute atomic E-state index is 0.0695. The van der Waals surface area contributed by atoms with Crippen molar-refractivity contribution in [3.63, 3.8) is 0 Å². The summed E-state index contributed by atoms with van der Waals surface area (Å²) in [7, 11) is -4.52. The molecule has 17 heavy (non-hydrogen) atoms. The molecule has 1 aliphatic heterocycles. The Morgan fingerprint density at radius 1 is 1.65 bits per heavy atom. The standard InChI is InChI=1S/C9H11FN2O3S2/c1-6-2-9(16-11-6)12-4-7(3-8(12)13)5-17(10,14)15/h2,7H,3-5H2,1H3. The Labute approximate surface area is 103 Å². The van der Waals surface area contributed by atoms with Crippen LogP contribution in [0.2, 0.25) is 0 Å². The van der Waals surface area contributed by atoms with Crippen LogP contribution in [0.25, 0.3) is 0 Å². The van der Waals surface area contributed by atoms with E-state index in [0.29, 0.717) is 5.00 Å². The van der Waals surface area contributed by atoms with Gasteiger partial charge in [-0.25, -0.2) is 0 Å². The lowest BCUT2D eigenvalue weighted by molar-refractivity contribution is -0.117. The Kier molecular flexibility index (Phi) is 3.17. The lowest BCUT2D eigenvalue weighted by atomic mass is 10.1. The lowest BCUT2D eigenvalue weighted by Gasteiger charge is -2.12. The molecule has 94 valence electrons. The van der Waals surface area contributed by atoms with Crippen LogP contribution in [0, 0.1) is 12.8 Å². The first-order valence-corrected chi connectivity index (χ1v) is 7.34. The summed E-state index contributed by atoms with van der Waals surface area (Å²) in [6, 6.07) is 1.76. The highest BCUT2D eigenvalue weighted by molar-refractivity contribution is 7.86. The second kappa shape index (κ2) is 4.34. The van der Waals surface area contributed by atoms with Crippen molar-refractivity contribution in [3.8, 4) is 0 Å². The molecule has 1 aliphatic rings. The number of aromatic nitrogens is 1. The van der Waals surface area contributed by atoms with Crippen LogP contribution in [0.4, 0.5) is 8.89 Å². The molecule has 1 fully saturated rings. The van der Waals surface area contributed by atoms with E-state index in [2.05, 4.69) is 4.37 Å². The molecule has 1 saturated heterocycles. The van der Waals surface area contributed by atoms with Gasteiger partial charge in [0.15, 0.2) is 0 Å². The van der Waals surface area contributed by atoms with Gasteiger partial charge in [0.1, 0.15) is 5.00 Å². The Morgan fingerprint density at radius 2 is 2.35 bits per heavy atom. The highest BCUT2D eigenvalue weighted by atomic mass is 32.3. The van der Waals surface area contributed by atoms with Gasteiger partial charge < -0.3 is 4.90 Å². The number of anilines is 1. The van der Waals surface area contributed by atoms with Crippen molar-refractivity contribution in [2.24, 2.45) is 5.92 Å². The minimum atomic E-state index is -4.52. The first-order valence-electron chi connectivity index (χ1n) is 5.01. The van der Waals surface area contributed by atoms with Crippen LogP contribution >= 0.6 is 11.5 Å². The summed E-state index contributed by atoms with van der Waals surface area (Å²) >= 11 is 1.18. The fourth-order valence-electron chi connectivity index (χ4n) is 1.87. The molecule has 0 spiro atoms. The Morgan fingerprint density at radius 3 is 2.88 bits per heavy atom. The van der Waals surface area contributed by atoms with E-state index in [4.69, 9.17) is 0 Å². The van der Waals surface area contributed by atoms with Gasteiger partial charge in [0.05, 0.1) is 11.4 Å². The van der Waals surface area contributed by atoms with Crippen molar-refractivity contribution in [2.75, 3.05) is 17.2 Å². The van der Waals surface area contributed by atoms with Crippen molar-refractivity contribution < 1.29 is 17.1 Å². The third-order valence-electron chi connectivity index (χ3n) is 2.52. The topological polar surface area (TPSA) is 67.3 Å². The molecule has 1 atom stereocenters. The molecule has 1 unspecified atom stereocenters. The number of hydrogen-bond donors (Lipinski definition) is 0. The molecule has 0 radical (unpaired) electrons. The van der Waals surface area contributed by atoms with E-state index in [1.54, 1.807) is 6.07 Å². The van der Waals surface area contributed by atoms with Crippen molar-refractivity contribution in [2.45, 2.75) is 13.3 Å². The van der Waals surface area contributed by atoms with E-state index in [-0.39, 0.29) is 18.9 Å². The van der Waals surface area contributed by atoms with E-state index in [0.717, 1.165) is 5.69 Å². The van der Waals surface area contributed by atoms with E-state index >= 15 is 0 Å². The summed E-state index contributed by atoms with van der Waals surface area (Å²) in [6.45, 7) is 2.05. The molecule has 1 aromatic heterocycles. The summed E-state index contributed by atoms with van der Waals surface area (Å²) < 4.78 is 37.7. The zero-order valence-corrected chi connectivity index (χ0v) is 10.7. The molecule has 0 aromatic carbocycles. The number of nitrogens with zero attached hydrogens (tertiary/aromatic N) is 2. The number of rotatable bonds is 3. The van der Waals surface area contributed by atoms with Gasteiger partial charge in [0, 0.05) is 18.9 Å². The second-order valence-electron chi connectivity index (χ2n) is 4.09. The highest BCUT2D eigenvalue weighted by Crippen LogP contribution is 2.29. The Hall–Kier alpha value is -1.02. The fourth-order valence-corrected chi connectivity index (χ4v) is 3.44. The average molecular weight is 278 g/mol. The molecule has 2 rings (SSSR count). The maximum absolute atomic E-state index is 12.5. The molecule has 1 aromatic rings. The molecule has 0 bridgehead atoms. The fraction of sp³-hybridized carbons (Fsp3) is 0.556. The zero-order chi connectivity index (χ0) is 12.6. The summed E-state index contributed by atoms with van der Waals surface area (Å²) in [5, 5.41) is 0.686. The molecule has 5 nitrogen and oxygen atoms in total. The molecule has 0 saturated carbocycles. The zero-order valence-electron chi connectivity index (χ0n) is 9.09. The largest absolute Gasteiger partial charge is 0.302 e. The summed E-state index contributed by atoms with van der Waals surface area (Å²) in [5.41, 5.74) is 0.805. The third-order valence-corrected chi connectivity index (χ3v) is 4.30. The molecular weight excluding hydrogens is 267 g/mol. The third kappa shape index (κ3) is 3.01. The van der Waals surface area contributed by atoms with Crippen LogP contribution in [0.1, 0.15) is 12.1 Å². The predicted molar refractivity (Wildman–Crippen MR) is 62.2 cm³/mol. The van der Waals surface area contributed by atoms with E-state index < -0.39 is 21.9 Å². The molecule has 0 aliphatic carbocycles. The first kappa shape index (κ1) is 12.4. The molecular formula is C9H11FN2O3S2. The number of halogens is 1. The van der Waals surface area contributed by atoms with E-state index in [1.165, 1.54) is 16.4 Å². The number of carbonyl (C=O) groups is 1. The summed E-state index contributed by atoms with van der Waals surface area (Å²) in [6.07, 6.45) is 0.0695.